The molecule has 0 aromatic heterocycles. The van der Waals surface area contributed by atoms with Gasteiger partial charge in [-0.1, -0.05) is 28.1 Å². The Morgan fingerprint density at radius 1 is 1.15 bits per heavy atom. The topological polar surface area (TPSA) is 46.2 Å². The summed E-state index contributed by atoms with van der Waals surface area (Å²) in [5.41, 5.74) is 1.24. The highest BCUT2D eigenvalue weighted by atomic mass is 79.9. The van der Waals surface area contributed by atoms with Gasteiger partial charge in [0.05, 0.1) is 5.69 Å². The maximum atomic E-state index is 13.8. The fourth-order valence-electron chi connectivity index (χ4n) is 1.62. The fraction of sp³-hybridized carbons (Fsp3) is 0.0769. The van der Waals surface area contributed by atoms with E-state index in [-0.39, 0.29) is 0 Å². The summed E-state index contributed by atoms with van der Waals surface area (Å²) in [5.74, 6) is -0.810. The number of benzene rings is 2. The number of halogens is 3. The highest BCUT2D eigenvalue weighted by Gasteiger charge is 2.20. The van der Waals surface area contributed by atoms with Crippen LogP contribution in [-0.4, -0.2) is 8.42 Å². The number of hydrogen-bond acceptors (Lipinski definition) is 2. The van der Waals surface area contributed by atoms with Crippen molar-refractivity contribution in [2.24, 2.45) is 0 Å². The molecule has 0 saturated heterocycles. The van der Waals surface area contributed by atoms with Crippen LogP contribution in [0.1, 0.15) is 5.56 Å². The predicted molar refractivity (Wildman–Crippen MR) is 83.8 cm³/mol. The molecular weight excluding hydrogens is 413 g/mol. The summed E-state index contributed by atoms with van der Waals surface area (Å²) in [6.07, 6.45) is 0. The van der Waals surface area contributed by atoms with Crippen LogP contribution < -0.4 is 4.72 Å². The number of aryl methyl sites for hydroxylation is 1. The molecule has 0 aliphatic heterocycles. The van der Waals surface area contributed by atoms with Crippen molar-refractivity contribution < 1.29 is 12.8 Å². The van der Waals surface area contributed by atoms with E-state index in [0.717, 1.165) is 11.6 Å². The molecule has 7 heteroatoms. The number of nitrogens with one attached hydrogen (secondary N) is 1. The molecule has 0 spiro atoms. The molecule has 0 amide bonds. The van der Waals surface area contributed by atoms with E-state index in [4.69, 9.17) is 0 Å². The maximum Gasteiger partial charge on any atom is 0.264 e. The standard InChI is InChI=1S/C13H10Br2FNO2S/c1-8-3-2-4-11(13(8)15)17-20(18,19)12-6-5-9(14)7-10(12)16/h2-7,17H,1H3. The quantitative estimate of drug-likeness (QED) is 0.793. The third kappa shape index (κ3) is 3.21. The largest absolute Gasteiger partial charge is 0.278 e. The number of rotatable bonds is 3. The lowest BCUT2D eigenvalue weighted by atomic mass is 10.2. The normalized spacial score (nSPS) is 11.4. The molecule has 0 radical (unpaired) electrons. The van der Waals surface area contributed by atoms with E-state index in [0.29, 0.717) is 14.6 Å². The van der Waals surface area contributed by atoms with Crippen LogP contribution in [0.15, 0.2) is 50.2 Å². The lowest BCUT2D eigenvalue weighted by Gasteiger charge is -2.11. The molecule has 0 saturated carbocycles. The second-order valence-corrected chi connectivity index (χ2v) is 7.48. The first kappa shape index (κ1) is 15.5. The van der Waals surface area contributed by atoms with Crippen molar-refractivity contribution in [1.29, 1.82) is 0 Å². The highest BCUT2D eigenvalue weighted by molar-refractivity contribution is 9.11. The average molecular weight is 423 g/mol. The van der Waals surface area contributed by atoms with Crippen molar-refractivity contribution in [1.82, 2.24) is 0 Å². The van der Waals surface area contributed by atoms with E-state index >= 15 is 0 Å². The molecule has 0 aliphatic rings. The first-order valence-electron chi connectivity index (χ1n) is 5.54. The minimum atomic E-state index is -3.98. The van der Waals surface area contributed by atoms with Gasteiger partial charge in [-0.3, -0.25) is 4.72 Å². The average Bonchev–Trinajstić information content (AvgIpc) is 2.34. The zero-order chi connectivity index (χ0) is 14.9. The van der Waals surface area contributed by atoms with Crippen LogP contribution in [0.2, 0.25) is 0 Å². The lowest BCUT2D eigenvalue weighted by molar-refractivity contribution is 0.570. The summed E-state index contributed by atoms with van der Waals surface area (Å²) >= 11 is 6.40. The van der Waals surface area contributed by atoms with Crippen LogP contribution >= 0.6 is 31.9 Å². The van der Waals surface area contributed by atoms with Gasteiger partial charge in [-0.15, -0.1) is 0 Å². The van der Waals surface area contributed by atoms with Crippen LogP contribution in [0.4, 0.5) is 10.1 Å². The maximum absolute atomic E-state index is 13.8. The summed E-state index contributed by atoms with van der Waals surface area (Å²) in [7, 11) is -3.98. The zero-order valence-corrected chi connectivity index (χ0v) is 14.3. The summed E-state index contributed by atoms with van der Waals surface area (Å²) in [5, 5.41) is 0. The highest BCUT2D eigenvalue weighted by Crippen LogP contribution is 2.29. The van der Waals surface area contributed by atoms with Gasteiger partial charge < -0.3 is 0 Å². The molecule has 0 unspecified atom stereocenters. The molecule has 0 heterocycles. The molecule has 0 fully saturated rings. The number of hydrogen-bond donors (Lipinski definition) is 1. The molecule has 2 aromatic carbocycles. The summed E-state index contributed by atoms with van der Waals surface area (Å²) in [6, 6.07) is 8.96. The summed E-state index contributed by atoms with van der Waals surface area (Å²) in [6.45, 7) is 1.84. The zero-order valence-electron chi connectivity index (χ0n) is 10.3. The van der Waals surface area contributed by atoms with Crippen molar-refractivity contribution in [3.63, 3.8) is 0 Å². The van der Waals surface area contributed by atoms with Crippen LogP contribution in [0.3, 0.4) is 0 Å². The van der Waals surface area contributed by atoms with Crippen LogP contribution in [0, 0.1) is 12.7 Å². The Morgan fingerprint density at radius 2 is 1.85 bits per heavy atom. The van der Waals surface area contributed by atoms with Gasteiger partial charge in [0.25, 0.3) is 10.0 Å². The molecule has 0 bridgehead atoms. The van der Waals surface area contributed by atoms with E-state index in [1.807, 2.05) is 13.0 Å². The predicted octanol–water partition coefficient (Wildman–Crippen LogP) is 4.46. The second-order valence-electron chi connectivity index (χ2n) is 4.12. The molecule has 20 heavy (non-hydrogen) atoms. The van der Waals surface area contributed by atoms with Gasteiger partial charge in [0.15, 0.2) is 0 Å². The second kappa shape index (κ2) is 5.83. The van der Waals surface area contributed by atoms with Crippen molar-refractivity contribution in [2.45, 2.75) is 11.8 Å². The van der Waals surface area contributed by atoms with Crippen LogP contribution in [0.25, 0.3) is 0 Å². The number of sulfonamides is 1. The summed E-state index contributed by atoms with van der Waals surface area (Å²) in [4.78, 5) is -0.394. The Morgan fingerprint density at radius 3 is 2.50 bits per heavy atom. The molecule has 0 aliphatic carbocycles. The van der Waals surface area contributed by atoms with Crippen LogP contribution in [-0.2, 0) is 10.0 Å². The van der Waals surface area contributed by atoms with Crippen molar-refractivity contribution in [2.75, 3.05) is 4.72 Å². The minimum absolute atomic E-state index is 0.368. The minimum Gasteiger partial charge on any atom is -0.278 e. The number of anilines is 1. The Hall–Kier alpha value is -0.920. The third-order valence-electron chi connectivity index (χ3n) is 2.62. The first-order chi connectivity index (χ1) is 9.31. The van der Waals surface area contributed by atoms with Crippen LogP contribution in [0.5, 0.6) is 0 Å². The van der Waals surface area contributed by atoms with Crippen molar-refractivity contribution >= 4 is 47.6 Å². The van der Waals surface area contributed by atoms with E-state index in [2.05, 4.69) is 36.6 Å². The van der Waals surface area contributed by atoms with Gasteiger partial charge >= 0.3 is 0 Å². The van der Waals surface area contributed by atoms with Crippen molar-refractivity contribution in [3.8, 4) is 0 Å². The van der Waals surface area contributed by atoms with Gasteiger partial charge in [-0.05, 0) is 52.7 Å². The fourth-order valence-corrected chi connectivity index (χ4v) is 3.58. The van der Waals surface area contributed by atoms with Gasteiger partial charge in [0.2, 0.25) is 0 Å². The van der Waals surface area contributed by atoms with Gasteiger partial charge in [0.1, 0.15) is 10.7 Å². The van der Waals surface area contributed by atoms with E-state index in [1.165, 1.54) is 12.1 Å². The first-order valence-corrected chi connectivity index (χ1v) is 8.61. The Labute approximate surface area is 133 Å². The molecule has 106 valence electrons. The Balaban J connectivity index is 2.44. The third-order valence-corrected chi connectivity index (χ3v) is 5.56. The molecule has 0 atom stereocenters. The van der Waals surface area contributed by atoms with Gasteiger partial charge in [-0.2, -0.15) is 0 Å². The SMILES string of the molecule is Cc1cccc(NS(=O)(=O)c2ccc(Br)cc2F)c1Br. The monoisotopic (exact) mass is 421 g/mol. The van der Waals surface area contributed by atoms with E-state index in [1.54, 1.807) is 12.1 Å². The smallest absolute Gasteiger partial charge is 0.264 e. The van der Waals surface area contributed by atoms with Crippen molar-refractivity contribution in [3.05, 3.63) is 56.7 Å². The Kier molecular flexibility index (Phi) is 4.51. The molecule has 2 rings (SSSR count). The van der Waals surface area contributed by atoms with Gasteiger partial charge in [-0.25, -0.2) is 12.8 Å². The molecule has 2 aromatic rings. The lowest BCUT2D eigenvalue weighted by Crippen LogP contribution is -2.15. The van der Waals surface area contributed by atoms with E-state index in [9.17, 15) is 12.8 Å². The summed E-state index contributed by atoms with van der Waals surface area (Å²) < 4.78 is 41.7. The molecular formula is C13H10Br2FNO2S. The van der Waals surface area contributed by atoms with Gasteiger partial charge in [0, 0.05) is 8.95 Å². The van der Waals surface area contributed by atoms with E-state index < -0.39 is 20.7 Å². The molecule has 1 N–H and O–H groups in total. The molecule has 3 nitrogen and oxygen atoms in total. The Bertz CT molecular complexity index is 763.